The number of pyridine rings is 1. The van der Waals surface area contributed by atoms with Gasteiger partial charge in [0.15, 0.2) is 11.4 Å². The molecule has 0 fully saturated rings. The number of rotatable bonds is 3. The van der Waals surface area contributed by atoms with Crippen molar-refractivity contribution < 1.29 is 27.8 Å². The second-order valence-corrected chi connectivity index (χ2v) is 3.12. The Labute approximate surface area is 96.8 Å². The molecule has 0 aliphatic carbocycles. The third-order valence-corrected chi connectivity index (χ3v) is 1.94. The number of carboxylic acid groups (broad SMARTS) is 1. The summed E-state index contributed by atoms with van der Waals surface area (Å²) in [5, 5.41) is 8.65. The molecule has 9 heteroatoms. The van der Waals surface area contributed by atoms with E-state index in [1.54, 1.807) is 4.98 Å². The van der Waals surface area contributed by atoms with Gasteiger partial charge in [-0.15, -0.1) is 24.8 Å². The predicted molar refractivity (Wildman–Crippen MR) is 50.3 cm³/mol. The number of aromatic amines is 1. The molecule has 1 rings (SSSR count). The molecule has 1 aromatic heterocycles. The summed E-state index contributed by atoms with van der Waals surface area (Å²) in [5.74, 6) is -3.26. The van der Waals surface area contributed by atoms with E-state index in [1.807, 2.05) is 0 Å². The molecular weight excluding hydrogens is 267 g/mol. The van der Waals surface area contributed by atoms with Crippen LogP contribution in [0.4, 0.5) is 13.2 Å². The van der Waals surface area contributed by atoms with Crippen molar-refractivity contribution in [3.63, 3.8) is 0 Å². The van der Waals surface area contributed by atoms with Crippen LogP contribution < -0.4 is 10.3 Å². The summed E-state index contributed by atoms with van der Waals surface area (Å²) >= 11 is 5.32. The summed E-state index contributed by atoms with van der Waals surface area (Å²) in [5.41, 5.74) is -2.23. The Morgan fingerprint density at radius 3 is 2.53 bits per heavy atom. The Morgan fingerprint density at radius 2 is 2.12 bits per heavy atom. The van der Waals surface area contributed by atoms with Gasteiger partial charge >= 0.3 is 12.3 Å². The third-order valence-electron chi connectivity index (χ3n) is 1.65. The van der Waals surface area contributed by atoms with E-state index in [2.05, 4.69) is 4.74 Å². The quantitative estimate of drug-likeness (QED) is 0.820. The maximum atomic E-state index is 12.1. The van der Waals surface area contributed by atoms with Crippen molar-refractivity contribution in [2.24, 2.45) is 0 Å². The monoisotopic (exact) mass is 271 g/mol. The summed E-state index contributed by atoms with van der Waals surface area (Å²) in [7, 11) is 0. The van der Waals surface area contributed by atoms with Crippen molar-refractivity contribution in [2.45, 2.75) is 12.2 Å². The Hall–Kier alpha value is -1.70. The zero-order valence-corrected chi connectivity index (χ0v) is 8.72. The molecule has 1 heterocycles. The number of aromatic nitrogens is 1. The summed E-state index contributed by atoms with van der Waals surface area (Å²) in [6.07, 6.45) is -5.08. The van der Waals surface area contributed by atoms with Gasteiger partial charge in [0.1, 0.15) is 0 Å². The van der Waals surface area contributed by atoms with Crippen LogP contribution in [0.2, 0.25) is 0 Å². The Morgan fingerprint density at radius 1 is 1.53 bits per heavy atom. The van der Waals surface area contributed by atoms with Crippen LogP contribution in [0.15, 0.2) is 10.9 Å². The lowest BCUT2D eigenvalue weighted by Gasteiger charge is -2.13. The van der Waals surface area contributed by atoms with Crippen molar-refractivity contribution in [1.82, 2.24) is 4.98 Å². The van der Waals surface area contributed by atoms with E-state index >= 15 is 0 Å². The average molecular weight is 272 g/mol. The van der Waals surface area contributed by atoms with E-state index in [-0.39, 0.29) is 5.56 Å². The number of hydrogen-bond acceptors (Lipinski definition) is 3. The number of halogens is 4. The van der Waals surface area contributed by atoms with Gasteiger partial charge in [0.05, 0.1) is 5.88 Å². The van der Waals surface area contributed by atoms with E-state index in [4.69, 9.17) is 16.7 Å². The van der Waals surface area contributed by atoms with Gasteiger partial charge in [-0.3, -0.25) is 4.79 Å². The molecule has 0 spiro atoms. The molecule has 0 saturated heterocycles. The zero-order valence-electron chi connectivity index (χ0n) is 7.97. The van der Waals surface area contributed by atoms with Gasteiger partial charge in [-0.25, -0.2) is 4.79 Å². The maximum Gasteiger partial charge on any atom is 0.573 e. The molecular formula is C8H5ClF3NO4. The molecule has 5 nitrogen and oxygen atoms in total. The smallest absolute Gasteiger partial charge is 0.476 e. The van der Waals surface area contributed by atoms with Gasteiger partial charge in [-0.1, -0.05) is 0 Å². The second-order valence-electron chi connectivity index (χ2n) is 2.85. The van der Waals surface area contributed by atoms with Gasteiger partial charge < -0.3 is 14.8 Å². The molecule has 0 aromatic carbocycles. The van der Waals surface area contributed by atoms with Gasteiger partial charge in [-0.2, -0.15) is 0 Å². The minimum Gasteiger partial charge on any atom is -0.476 e. The number of H-pyrrole nitrogens is 1. The van der Waals surface area contributed by atoms with E-state index in [1.165, 1.54) is 0 Å². The Kier molecular flexibility index (Phi) is 3.66. The lowest BCUT2D eigenvalue weighted by Crippen LogP contribution is -2.23. The first-order valence-electron chi connectivity index (χ1n) is 4.06. The Balaban J connectivity index is 3.42. The second kappa shape index (κ2) is 4.66. The van der Waals surface area contributed by atoms with Crippen LogP contribution in [-0.4, -0.2) is 22.4 Å². The fraction of sp³-hybridized carbons (Fsp3) is 0.250. The normalized spacial score (nSPS) is 11.3. The third kappa shape index (κ3) is 3.38. The first-order chi connectivity index (χ1) is 7.74. The highest BCUT2D eigenvalue weighted by molar-refractivity contribution is 6.17. The van der Waals surface area contributed by atoms with Crippen molar-refractivity contribution in [1.29, 1.82) is 0 Å². The van der Waals surface area contributed by atoms with Crippen molar-refractivity contribution in [2.75, 3.05) is 0 Å². The lowest BCUT2D eigenvalue weighted by molar-refractivity contribution is -0.275. The molecule has 0 radical (unpaired) electrons. The van der Waals surface area contributed by atoms with Gasteiger partial charge in [-0.05, 0) is 0 Å². The summed E-state index contributed by atoms with van der Waals surface area (Å²) in [6.45, 7) is 0. The lowest BCUT2D eigenvalue weighted by atomic mass is 10.2. The number of aromatic carboxylic acids is 1. The van der Waals surface area contributed by atoms with Gasteiger partial charge in [0.25, 0.3) is 0 Å². The first-order valence-corrected chi connectivity index (χ1v) is 4.59. The summed E-state index contributed by atoms with van der Waals surface area (Å²) in [6, 6.07) is 0.737. The highest BCUT2D eigenvalue weighted by Gasteiger charge is 2.34. The maximum absolute atomic E-state index is 12.1. The van der Waals surface area contributed by atoms with Crippen molar-refractivity contribution >= 4 is 17.6 Å². The fourth-order valence-electron chi connectivity index (χ4n) is 1.08. The number of alkyl halides is 4. The largest absolute Gasteiger partial charge is 0.573 e. The van der Waals surface area contributed by atoms with Crippen molar-refractivity contribution in [3.05, 3.63) is 27.7 Å². The molecule has 1 aromatic rings. The van der Waals surface area contributed by atoms with Crippen LogP contribution in [0.5, 0.6) is 5.75 Å². The van der Waals surface area contributed by atoms with Crippen molar-refractivity contribution in [3.8, 4) is 5.75 Å². The number of nitrogens with one attached hydrogen (secondary N) is 1. The molecule has 0 atom stereocenters. The molecule has 0 saturated carbocycles. The van der Waals surface area contributed by atoms with Gasteiger partial charge in [0, 0.05) is 11.6 Å². The molecule has 0 aliphatic rings. The SMILES string of the molecule is O=C(O)c1[nH]c(=O)cc(CCl)c1OC(F)(F)F. The van der Waals surface area contributed by atoms with E-state index < -0.39 is 35.2 Å². The van der Waals surface area contributed by atoms with Crippen LogP contribution in [-0.2, 0) is 5.88 Å². The van der Waals surface area contributed by atoms with Gasteiger partial charge in [0.2, 0.25) is 5.56 Å². The number of carboxylic acids is 1. The molecule has 0 aliphatic heterocycles. The van der Waals surface area contributed by atoms with E-state index in [0.717, 1.165) is 6.07 Å². The standard InChI is InChI=1S/C8H5ClF3NO4/c9-2-3-1-4(14)13-5(7(15)16)6(3)17-8(10,11)12/h1H,2H2,(H,13,14)(H,15,16). The van der Waals surface area contributed by atoms with Crippen LogP contribution in [0.3, 0.4) is 0 Å². The first kappa shape index (κ1) is 13.4. The van der Waals surface area contributed by atoms with E-state index in [0.29, 0.717) is 0 Å². The predicted octanol–water partition coefficient (Wildman–Crippen LogP) is 1.71. The van der Waals surface area contributed by atoms with Crippen LogP contribution in [0.25, 0.3) is 0 Å². The molecule has 0 amide bonds. The highest BCUT2D eigenvalue weighted by Crippen LogP contribution is 2.29. The topological polar surface area (TPSA) is 79.4 Å². The number of hydrogen-bond donors (Lipinski definition) is 2. The summed E-state index contributed by atoms with van der Waals surface area (Å²) in [4.78, 5) is 23.4. The van der Waals surface area contributed by atoms with Crippen LogP contribution in [0.1, 0.15) is 16.1 Å². The molecule has 94 valence electrons. The highest BCUT2D eigenvalue weighted by atomic mass is 35.5. The summed E-state index contributed by atoms with van der Waals surface area (Å²) < 4.78 is 39.7. The van der Waals surface area contributed by atoms with E-state index in [9.17, 15) is 22.8 Å². The fourth-order valence-corrected chi connectivity index (χ4v) is 1.28. The molecule has 17 heavy (non-hydrogen) atoms. The molecule has 2 N–H and O–H groups in total. The molecule has 0 unspecified atom stereocenters. The Bertz CT molecular complexity index is 497. The van der Waals surface area contributed by atoms with Crippen LogP contribution in [0, 0.1) is 0 Å². The minimum absolute atomic E-state index is 0.356. The number of ether oxygens (including phenoxy) is 1. The average Bonchev–Trinajstić information content (AvgIpc) is 2.17. The minimum atomic E-state index is -5.08. The molecule has 0 bridgehead atoms. The van der Waals surface area contributed by atoms with Crippen LogP contribution >= 0.6 is 11.6 Å². The zero-order chi connectivity index (χ0) is 13.2. The number of carbonyl (C=O) groups is 1.